The van der Waals surface area contributed by atoms with Crippen LogP contribution in [0.1, 0.15) is 50.5 Å². The standard InChI is InChI=1S/C29H34O11/c1-16(30)36-15-25-27(37-17(2)31)29(39-19(4)33)28(38-18(3)32)26(40-25)23-14-21(9-12-24(23)35-6)13-20-7-10-22(34-5)11-8-20/h7-12,14,25-29H,13,15H2,1-6H3/t25-,26+,27+,28+,29+/m1/s1. The topological polar surface area (TPSA) is 133 Å². The molecule has 0 N–H and O–H groups in total. The Kier molecular flexibility index (Phi) is 10.5. The van der Waals surface area contributed by atoms with E-state index in [4.69, 9.17) is 33.2 Å². The lowest BCUT2D eigenvalue weighted by atomic mass is 9.88. The Morgan fingerprint density at radius 1 is 0.700 bits per heavy atom. The SMILES string of the molecule is COc1ccc(Cc2ccc(OC)c([C@@H]3O[C@H](COC(C)=O)[C@H](OC(C)=O)[C@H](OC(C)=O)[C@H]3OC(C)=O)c2)cc1. The van der Waals surface area contributed by atoms with Gasteiger partial charge in [-0.3, -0.25) is 19.2 Å². The van der Waals surface area contributed by atoms with Gasteiger partial charge in [0, 0.05) is 33.3 Å². The molecule has 1 fully saturated rings. The highest BCUT2D eigenvalue weighted by molar-refractivity contribution is 5.69. The van der Waals surface area contributed by atoms with Crippen molar-refractivity contribution in [1.82, 2.24) is 0 Å². The summed E-state index contributed by atoms with van der Waals surface area (Å²) >= 11 is 0. The number of carbonyl (C=O) groups is 4. The third-order valence-electron chi connectivity index (χ3n) is 6.16. The van der Waals surface area contributed by atoms with Gasteiger partial charge in [-0.25, -0.2) is 0 Å². The minimum Gasteiger partial charge on any atom is -0.497 e. The van der Waals surface area contributed by atoms with Crippen molar-refractivity contribution >= 4 is 23.9 Å². The molecule has 2 aromatic rings. The van der Waals surface area contributed by atoms with Crippen LogP contribution in [0, 0.1) is 0 Å². The molecule has 216 valence electrons. The highest BCUT2D eigenvalue weighted by Gasteiger charge is 2.53. The normalized spacial score (nSPS) is 22.0. The fraction of sp³-hybridized carbons (Fsp3) is 0.448. The average Bonchev–Trinajstić information content (AvgIpc) is 2.89. The molecule has 40 heavy (non-hydrogen) atoms. The van der Waals surface area contributed by atoms with Crippen molar-refractivity contribution in [1.29, 1.82) is 0 Å². The monoisotopic (exact) mass is 558 g/mol. The lowest BCUT2D eigenvalue weighted by Gasteiger charge is -2.44. The van der Waals surface area contributed by atoms with Crippen LogP contribution in [0.5, 0.6) is 11.5 Å². The second-order valence-electron chi connectivity index (χ2n) is 9.22. The summed E-state index contributed by atoms with van der Waals surface area (Å²) in [5, 5.41) is 0. The molecule has 0 amide bonds. The van der Waals surface area contributed by atoms with E-state index in [9.17, 15) is 19.2 Å². The van der Waals surface area contributed by atoms with Crippen LogP contribution in [-0.2, 0) is 49.3 Å². The van der Waals surface area contributed by atoms with Gasteiger partial charge < -0.3 is 33.2 Å². The van der Waals surface area contributed by atoms with E-state index in [0.29, 0.717) is 17.7 Å². The molecule has 0 bridgehead atoms. The molecule has 1 aliphatic heterocycles. The highest BCUT2D eigenvalue weighted by atomic mass is 16.7. The van der Waals surface area contributed by atoms with Gasteiger partial charge in [-0.05, 0) is 41.8 Å². The van der Waals surface area contributed by atoms with Crippen molar-refractivity contribution in [2.45, 2.75) is 64.6 Å². The van der Waals surface area contributed by atoms with Crippen molar-refractivity contribution in [3.05, 3.63) is 59.2 Å². The van der Waals surface area contributed by atoms with E-state index in [1.165, 1.54) is 34.8 Å². The Morgan fingerprint density at radius 2 is 1.27 bits per heavy atom. The van der Waals surface area contributed by atoms with Gasteiger partial charge in [0.25, 0.3) is 0 Å². The zero-order chi connectivity index (χ0) is 29.4. The van der Waals surface area contributed by atoms with Crippen LogP contribution in [0.2, 0.25) is 0 Å². The third kappa shape index (κ3) is 7.95. The Balaban J connectivity index is 2.10. The number of hydrogen-bond donors (Lipinski definition) is 0. The zero-order valence-corrected chi connectivity index (χ0v) is 23.3. The van der Waals surface area contributed by atoms with Gasteiger partial charge in [0.2, 0.25) is 0 Å². The molecule has 0 aromatic heterocycles. The molecule has 5 atom stereocenters. The summed E-state index contributed by atoms with van der Waals surface area (Å²) in [4.78, 5) is 48.0. The predicted octanol–water partition coefficient (Wildman–Crippen LogP) is 3.09. The van der Waals surface area contributed by atoms with Gasteiger partial charge in [0.15, 0.2) is 18.3 Å². The largest absolute Gasteiger partial charge is 0.497 e. The fourth-order valence-corrected chi connectivity index (χ4v) is 4.57. The molecular formula is C29H34O11. The number of esters is 4. The van der Waals surface area contributed by atoms with Crippen LogP contribution >= 0.6 is 0 Å². The molecule has 2 aromatic carbocycles. The Hall–Kier alpha value is -4.12. The van der Waals surface area contributed by atoms with Crippen LogP contribution in [-0.4, -0.2) is 69.1 Å². The molecule has 0 unspecified atom stereocenters. The molecule has 11 nitrogen and oxygen atoms in total. The first-order chi connectivity index (χ1) is 19.0. The summed E-state index contributed by atoms with van der Waals surface area (Å²) in [6, 6.07) is 13.1. The number of methoxy groups -OCH3 is 2. The van der Waals surface area contributed by atoms with Gasteiger partial charge in [0.05, 0.1) is 14.2 Å². The van der Waals surface area contributed by atoms with Crippen LogP contribution in [0.25, 0.3) is 0 Å². The Bertz CT molecular complexity index is 1210. The summed E-state index contributed by atoms with van der Waals surface area (Å²) in [5.74, 6) is -1.52. The first kappa shape index (κ1) is 30.4. The molecule has 1 heterocycles. The number of ether oxygens (including phenoxy) is 7. The van der Waals surface area contributed by atoms with Crippen LogP contribution in [0.4, 0.5) is 0 Å². The predicted molar refractivity (Wildman–Crippen MR) is 140 cm³/mol. The minimum atomic E-state index is -1.28. The maximum absolute atomic E-state index is 12.2. The van der Waals surface area contributed by atoms with E-state index in [-0.39, 0.29) is 6.61 Å². The van der Waals surface area contributed by atoms with E-state index in [1.54, 1.807) is 13.2 Å². The summed E-state index contributed by atoms with van der Waals surface area (Å²) in [5.41, 5.74) is 2.39. The average molecular weight is 559 g/mol. The maximum Gasteiger partial charge on any atom is 0.303 e. The summed E-state index contributed by atoms with van der Waals surface area (Å²) in [6.07, 6.45) is -5.32. The first-order valence-corrected chi connectivity index (χ1v) is 12.6. The highest BCUT2D eigenvalue weighted by Crippen LogP contribution is 2.41. The van der Waals surface area contributed by atoms with Crippen LogP contribution in [0.15, 0.2) is 42.5 Å². The van der Waals surface area contributed by atoms with E-state index < -0.39 is 54.4 Å². The van der Waals surface area contributed by atoms with Gasteiger partial charge in [-0.1, -0.05) is 18.2 Å². The molecule has 3 rings (SSSR count). The molecule has 11 heteroatoms. The molecule has 0 saturated carbocycles. The second kappa shape index (κ2) is 13.8. The van der Waals surface area contributed by atoms with Crippen molar-refractivity contribution < 1.29 is 52.3 Å². The number of benzene rings is 2. The quantitative estimate of drug-likeness (QED) is 0.315. The molecule has 0 spiro atoms. The third-order valence-corrected chi connectivity index (χ3v) is 6.16. The molecule has 1 aliphatic rings. The molecule has 0 aliphatic carbocycles. The lowest BCUT2D eigenvalue weighted by Crippen LogP contribution is -2.59. The zero-order valence-electron chi connectivity index (χ0n) is 23.3. The molecular weight excluding hydrogens is 524 g/mol. The fourth-order valence-electron chi connectivity index (χ4n) is 4.57. The Morgan fingerprint density at radius 3 is 1.82 bits per heavy atom. The van der Waals surface area contributed by atoms with E-state index in [2.05, 4.69) is 0 Å². The van der Waals surface area contributed by atoms with Crippen LogP contribution in [0.3, 0.4) is 0 Å². The summed E-state index contributed by atoms with van der Waals surface area (Å²) in [6.45, 7) is 4.45. The molecule has 1 saturated heterocycles. The Labute approximate surface area is 232 Å². The van der Waals surface area contributed by atoms with E-state index in [1.807, 2.05) is 36.4 Å². The summed E-state index contributed by atoms with van der Waals surface area (Å²) < 4.78 is 39.0. The van der Waals surface area contributed by atoms with Crippen molar-refractivity contribution in [2.75, 3.05) is 20.8 Å². The van der Waals surface area contributed by atoms with Gasteiger partial charge in [0.1, 0.15) is 30.3 Å². The maximum atomic E-state index is 12.2. The number of carbonyl (C=O) groups excluding carboxylic acids is 4. The second-order valence-corrected chi connectivity index (χ2v) is 9.22. The van der Waals surface area contributed by atoms with E-state index >= 15 is 0 Å². The van der Waals surface area contributed by atoms with Gasteiger partial charge in [-0.15, -0.1) is 0 Å². The lowest BCUT2D eigenvalue weighted by molar-refractivity contribution is -0.254. The van der Waals surface area contributed by atoms with Crippen LogP contribution < -0.4 is 9.47 Å². The molecule has 0 radical (unpaired) electrons. The smallest absolute Gasteiger partial charge is 0.303 e. The van der Waals surface area contributed by atoms with Crippen molar-refractivity contribution in [3.63, 3.8) is 0 Å². The first-order valence-electron chi connectivity index (χ1n) is 12.6. The summed E-state index contributed by atoms with van der Waals surface area (Å²) in [7, 11) is 3.07. The van der Waals surface area contributed by atoms with Gasteiger partial charge >= 0.3 is 23.9 Å². The van der Waals surface area contributed by atoms with Crippen molar-refractivity contribution in [3.8, 4) is 11.5 Å². The number of hydrogen-bond acceptors (Lipinski definition) is 11. The van der Waals surface area contributed by atoms with Gasteiger partial charge in [-0.2, -0.15) is 0 Å². The number of rotatable bonds is 10. The van der Waals surface area contributed by atoms with E-state index in [0.717, 1.165) is 16.9 Å². The minimum absolute atomic E-state index is 0.317. The van der Waals surface area contributed by atoms with Crippen molar-refractivity contribution in [2.24, 2.45) is 0 Å².